The predicted molar refractivity (Wildman–Crippen MR) is 86.4 cm³/mol. The largest absolute Gasteiger partial charge is 0.496 e. The molecule has 0 spiro atoms. The molecular formula is C16H23ClN2O3. The number of rotatable bonds is 4. The van der Waals surface area contributed by atoms with Crippen molar-refractivity contribution < 1.29 is 14.3 Å². The lowest BCUT2D eigenvalue weighted by molar-refractivity contribution is -0.132. The molecule has 1 fully saturated rings. The fourth-order valence-corrected chi connectivity index (χ4v) is 3.30. The van der Waals surface area contributed by atoms with Gasteiger partial charge < -0.3 is 20.5 Å². The number of methoxy groups -OCH3 is 1. The number of fused-ring (bicyclic) bond motifs is 1. The Morgan fingerprint density at radius 3 is 2.91 bits per heavy atom. The van der Waals surface area contributed by atoms with E-state index in [0.717, 1.165) is 37.0 Å². The number of carbonyl (C=O) groups excluding carboxylic acids is 1. The maximum atomic E-state index is 12.3. The molecular weight excluding hydrogens is 304 g/mol. The smallest absolute Gasteiger partial charge is 0.249 e. The van der Waals surface area contributed by atoms with Crippen LogP contribution in [0.4, 0.5) is 0 Å². The predicted octanol–water partition coefficient (Wildman–Crippen LogP) is 1.73. The van der Waals surface area contributed by atoms with Gasteiger partial charge in [-0.05, 0) is 42.9 Å². The van der Waals surface area contributed by atoms with Gasteiger partial charge in [0, 0.05) is 6.54 Å². The van der Waals surface area contributed by atoms with Crippen molar-refractivity contribution >= 4 is 18.3 Å². The Balaban J connectivity index is 0.00000176. The number of nitrogens with one attached hydrogen (secondary N) is 1. The second kappa shape index (κ2) is 7.31. The van der Waals surface area contributed by atoms with Gasteiger partial charge in [0.05, 0.1) is 19.3 Å². The van der Waals surface area contributed by atoms with E-state index in [1.807, 2.05) is 12.1 Å². The number of hydrogen-bond donors (Lipinski definition) is 2. The molecule has 3 N–H and O–H groups in total. The lowest BCUT2D eigenvalue weighted by Crippen LogP contribution is -2.37. The third-order valence-electron chi connectivity index (χ3n) is 4.43. The average molecular weight is 327 g/mol. The molecule has 2 aliphatic rings. The van der Waals surface area contributed by atoms with Gasteiger partial charge in [-0.1, -0.05) is 12.1 Å². The summed E-state index contributed by atoms with van der Waals surface area (Å²) in [6.45, 7) is 0.479. The summed E-state index contributed by atoms with van der Waals surface area (Å²) in [6, 6.07) is 6.06. The summed E-state index contributed by atoms with van der Waals surface area (Å²) in [5.74, 6) is 0.885. The van der Waals surface area contributed by atoms with Crippen molar-refractivity contribution in [1.82, 2.24) is 5.32 Å². The minimum atomic E-state index is -0.354. The molecule has 1 amide bonds. The summed E-state index contributed by atoms with van der Waals surface area (Å²) < 4.78 is 11.0. The Labute approximate surface area is 137 Å². The monoisotopic (exact) mass is 326 g/mol. The maximum absolute atomic E-state index is 12.3. The van der Waals surface area contributed by atoms with Crippen LogP contribution < -0.4 is 15.8 Å². The zero-order chi connectivity index (χ0) is 14.8. The molecule has 1 aromatic rings. The van der Waals surface area contributed by atoms with E-state index in [-0.39, 0.29) is 36.6 Å². The van der Waals surface area contributed by atoms with Crippen molar-refractivity contribution in [3.8, 4) is 5.75 Å². The molecule has 1 heterocycles. The molecule has 5 nitrogen and oxygen atoms in total. The van der Waals surface area contributed by atoms with Gasteiger partial charge in [-0.25, -0.2) is 0 Å². The Morgan fingerprint density at radius 1 is 1.41 bits per heavy atom. The molecule has 122 valence electrons. The molecule has 1 saturated heterocycles. The van der Waals surface area contributed by atoms with Crippen LogP contribution in [0.2, 0.25) is 0 Å². The first-order chi connectivity index (χ1) is 10.2. The van der Waals surface area contributed by atoms with Gasteiger partial charge in [-0.2, -0.15) is 0 Å². The maximum Gasteiger partial charge on any atom is 0.249 e. The van der Waals surface area contributed by atoms with Gasteiger partial charge in [-0.15, -0.1) is 12.4 Å². The molecule has 1 unspecified atom stereocenters. The molecule has 1 aromatic carbocycles. The molecule has 3 rings (SSSR count). The van der Waals surface area contributed by atoms with Crippen LogP contribution in [0.1, 0.15) is 36.4 Å². The van der Waals surface area contributed by atoms with Crippen molar-refractivity contribution in [2.24, 2.45) is 5.73 Å². The van der Waals surface area contributed by atoms with E-state index in [9.17, 15) is 4.79 Å². The van der Waals surface area contributed by atoms with Gasteiger partial charge in [0.2, 0.25) is 5.91 Å². The van der Waals surface area contributed by atoms with E-state index in [4.69, 9.17) is 15.2 Å². The van der Waals surface area contributed by atoms with E-state index in [1.54, 1.807) is 7.11 Å². The number of benzene rings is 1. The summed E-state index contributed by atoms with van der Waals surface area (Å²) >= 11 is 0. The third-order valence-corrected chi connectivity index (χ3v) is 4.43. The number of ether oxygens (including phenoxy) is 2. The highest BCUT2D eigenvalue weighted by Gasteiger charge is 2.33. The zero-order valence-corrected chi connectivity index (χ0v) is 13.5. The highest BCUT2D eigenvalue weighted by molar-refractivity contribution is 5.85. The van der Waals surface area contributed by atoms with Crippen LogP contribution in [0.3, 0.4) is 0 Å². The topological polar surface area (TPSA) is 73.6 Å². The molecule has 0 aromatic heterocycles. The molecule has 1 aliphatic heterocycles. The number of carbonyl (C=O) groups is 1. The number of amides is 1. The standard InChI is InChI=1S/C16H22N2O3.ClH/c1-20-14-4-2-3-11-12(14)6-7-13(11)18-16(19)15-8-5-10(9-17)21-15;/h2-4,10,13,15H,5-9,17H2,1H3,(H,18,19);1H/t10-,13?,15+;/m1./s1. The molecule has 6 heteroatoms. The first kappa shape index (κ1) is 17.1. The van der Waals surface area contributed by atoms with Crippen molar-refractivity contribution in [3.63, 3.8) is 0 Å². The lowest BCUT2D eigenvalue weighted by atomic mass is 10.1. The first-order valence-electron chi connectivity index (χ1n) is 7.54. The minimum Gasteiger partial charge on any atom is -0.496 e. The molecule has 22 heavy (non-hydrogen) atoms. The fourth-order valence-electron chi connectivity index (χ4n) is 3.30. The summed E-state index contributed by atoms with van der Waals surface area (Å²) in [7, 11) is 1.68. The molecule has 0 radical (unpaired) electrons. The van der Waals surface area contributed by atoms with Crippen molar-refractivity contribution in [1.29, 1.82) is 0 Å². The number of nitrogens with two attached hydrogens (primary N) is 1. The Hall–Kier alpha value is -1.30. The number of hydrogen-bond acceptors (Lipinski definition) is 4. The Bertz CT molecular complexity index is 538. The van der Waals surface area contributed by atoms with Gasteiger partial charge in [0.25, 0.3) is 0 Å². The van der Waals surface area contributed by atoms with Crippen LogP contribution >= 0.6 is 12.4 Å². The van der Waals surface area contributed by atoms with Crippen LogP contribution in [0.5, 0.6) is 5.75 Å². The highest BCUT2D eigenvalue weighted by atomic mass is 35.5. The molecule has 0 bridgehead atoms. The normalized spacial score (nSPS) is 26.2. The van der Waals surface area contributed by atoms with Crippen LogP contribution in [0.25, 0.3) is 0 Å². The minimum absolute atomic E-state index is 0. The molecule has 1 aliphatic carbocycles. The summed E-state index contributed by atoms with van der Waals surface area (Å²) in [6.07, 6.45) is 3.13. The lowest BCUT2D eigenvalue weighted by Gasteiger charge is -2.18. The zero-order valence-electron chi connectivity index (χ0n) is 12.7. The first-order valence-corrected chi connectivity index (χ1v) is 7.54. The summed E-state index contributed by atoms with van der Waals surface area (Å²) in [4.78, 5) is 12.3. The quantitative estimate of drug-likeness (QED) is 0.883. The van der Waals surface area contributed by atoms with E-state index in [0.29, 0.717) is 6.54 Å². The van der Waals surface area contributed by atoms with Gasteiger partial charge >= 0.3 is 0 Å². The Morgan fingerprint density at radius 2 is 2.23 bits per heavy atom. The van der Waals surface area contributed by atoms with Crippen LogP contribution in [-0.4, -0.2) is 31.8 Å². The van der Waals surface area contributed by atoms with E-state index < -0.39 is 0 Å². The highest BCUT2D eigenvalue weighted by Crippen LogP contribution is 2.37. The summed E-state index contributed by atoms with van der Waals surface area (Å²) in [5, 5.41) is 3.11. The SMILES string of the molecule is COc1cccc2c1CCC2NC(=O)[C@@H]1CC[C@H](CN)O1.Cl. The molecule has 0 saturated carbocycles. The van der Waals surface area contributed by atoms with Crippen LogP contribution in [-0.2, 0) is 16.0 Å². The van der Waals surface area contributed by atoms with Gasteiger partial charge in [0.1, 0.15) is 11.9 Å². The fraction of sp³-hybridized carbons (Fsp3) is 0.562. The summed E-state index contributed by atoms with van der Waals surface area (Å²) in [5.41, 5.74) is 7.95. The second-order valence-electron chi connectivity index (χ2n) is 5.69. The van der Waals surface area contributed by atoms with Crippen LogP contribution in [0, 0.1) is 0 Å². The second-order valence-corrected chi connectivity index (χ2v) is 5.69. The Kier molecular flexibility index (Phi) is 5.67. The van der Waals surface area contributed by atoms with Gasteiger partial charge in [0.15, 0.2) is 0 Å². The number of halogens is 1. The molecule has 3 atom stereocenters. The van der Waals surface area contributed by atoms with Crippen molar-refractivity contribution in [3.05, 3.63) is 29.3 Å². The average Bonchev–Trinajstić information content (AvgIpc) is 3.14. The van der Waals surface area contributed by atoms with E-state index >= 15 is 0 Å². The van der Waals surface area contributed by atoms with Crippen LogP contribution in [0.15, 0.2) is 18.2 Å². The van der Waals surface area contributed by atoms with E-state index in [1.165, 1.54) is 5.56 Å². The van der Waals surface area contributed by atoms with Crippen molar-refractivity contribution in [2.75, 3.05) is 13.7 Å². The van der Waals surface area contributed by atoms with E-state index in [2.05, 4.69) is 11.4 Å². The van der Waals surface area contributed by atoms with Crippen molar-refractivity contribution in [2.45, 2.75) is 43.9 Å². The van der Waals surface area contributed by atoms with Gasteiger partial charge in [-0.3, -0.25) is 4.79 Å². The third kappa shape index (κ3) is 3.21.